The first-order valence-electron chi connectivity index (χ1n) is 6.87. The summed E-state index contributed by atoms with van der Waals surface area (Å²) in [5.74, 6) is 0. The van der Waals surface area contributed by atoms with E-state index in [1.54, 1.807) is 6.20 Å². The molecule has 3 rings (SSSR count). The molecule has 2 atom stereocenters. The number of pyridine rings is 1. The van der Waals surface area contributed by atoms with Gasteiger partial charge < -0.3 is 5.32 Å². The number of fused-ring (bicyclic) bond motifs is 1. The Bertz CT molecular complexity index is 585. The molecule has 1 aromatic heterocycles. The lowest BCUT2D eigenvalue weighted by molar-refractivity contribution is 0.560. The highest BCUT2D eigenvalue weighted by atomic mass is 35.5. The van der Waals surface area contributed by atoms with E-state index in [-0.39, 0.29) is 0 Å². The van der Waals surface area contributed by atoms with E-state index in [1.165, 1.54) is 11.1 Å². The molecule has 0 bridgehead atoms. The van der Waals surface area contributed by atoms with Crippen LogP contribution in [0.1, 0.15) is 24.1 Å². The fraction of sp³-hybridized carbons (Fsp3) is 0.312. The summed E-state index contributed by atoms with van der Waals surface area (Å²) in [6.07, 6.45) is 2.80. The number of aromatic nitrogens is 1. The molecular weight excluding hydrogens is 288 g/mol. The van der Waals surface area contributed by atoms with Crippen molar-refractivity contribution in [1.82, 2.24) is 10.3 Å². The van der Waals surface area contributed by atoms with E-state index in [2.05, 4.69) is 41.5 Å². The van der Waals surface area contributed by atoms with Gasteiger partial charge in [0.25, 0.3) is 0 Å². The van der Waals surface area contributed by atoms with Gasteiger partial charge in [0.15, 0.2) is 0 Å². The van der Waals surface area contributed by atoms with Crippen molar-refractivity contribution in [3.8, 4) is 0 Å². The summed E-state index contributed by atoms with van der Waals surface area (Å²) in [6.45, 7) is 3.13. The van der Waals surface area contributed by atoms with Crippen LogP contribution >= 0.6 is 23.4 Å². The second kappa shape index (κ2) is 6.17. The van der Waals surface area contributed by atoms with Crippen molar-refractivity contribution < 1.29 is 0 Å². The molecule has 2 aromatic rings. The summed E-state index contributed by atoms with van der Waals surface area (Å²) in [5.41, 5.74) is 2.88. The highest BCUT2D eigenvalue weighted by molar-refractivity contribution is 7.99. The highest BCUT2D eigenvalue weighted by Crippen LogP contribution is 2.40. The van der Waals surface area contributed by atoms with E-state index < -0.39 is 0 Å². The third-order valence-electron chi connectivity index (χ3n) is 3.58. The van der Waals surface area contributed by atoms with Gasteiger partial charge >= 0.3 is 0 Å². The minimum absolute atomic E-state index is 0.402. The second-order valence-electron chi connectivity index (χ2n) is 4.91. The Morgan fingerprint density at radius 3 is 2.90 bits per heavy atom. The van der Waals surface area contributed by atoms with Gasteiger partial charge in [0.2, 0.25) is 0 Å². The number of thioether (sulfide) groups is 1. The predicted molar refractivity (Wildman–Crippen MR) is 85.5 cm³/mol. The maximum atomic E-state index is 5.90. The molecule has 4 heteroatoms. The number of nitrogens with one attached hydrogen (secondary N) is 1. The zero-order chi connectivity index (χ0) is 13.9. The zero-order valence-electron chi connectivity index (χ0n) is 11.3. The molecular formula is C16H17ClN2S. The Morgan fingerprint density at radius 2 is 2.15 bits per heavy atom. The van der Waals surface area contributed by atoms with Crippen LogP contribution in [0.5, 0.6) is 0 Å². The molecule has 0 amide bonds. The quantitative estimate of drug-likeness (QED) is 0.920. The first-order valence-corrected chi connectivity index (χ1v) is 8.13. The topological polar surface area (TPSA) is 24.9 Å². The van der Waals surface area contributed by atoms with E-state index in [0.29, 0.717) is 16.3 Å². The van der Waals surface area contributed by atoms with Crippen molar-refractivity contribution in [2.75, 3.05) is 6.54 Å². The molecule has 1 aromatic carbocycles. The SMILES string of the molecule is CCNC1c2ccccc2CC1Sc1ccc(Cl)cn1. The Hall–Kier alpha value is -1.03. The lowest BCUT2D eigenvalue weighted by Crippen LogP contribution is -2.26. The maximum absolute atomic E-state index is 5.90. The molecule has 2 unspecified atom stereocenters. The van der Waals surface area contributed by atoms with Gasteiger partial charge in [-0.05, 0) is 36.2 Å². The van der Waals surface area contributed by atoms with Crippen molar-refractivity contribution >= 4 is 23.4 Å². The van der Waals surface area contributed by atoms with Crippen LogP contribution in [0.25, 0.3) is 0 Å². The molecule has 0 fully saturated rings. The predicted octanol–water partition coefficient (Wildman–Crippen LogP) is 4.10. The number of nitrogens with zero attached hydrogens (tertiary/aromatic N) is 1. The van der Waals surface area contributed by atoms with E-state index in [9.17, 15) is 0 Å². The third-order valence-corrected chi connectivity index (χ3v) is 5.03. The maximum Gasteiger partial charge on any atom is 0.0964 e. The van der Waals surface area contributed by atoms with Gasteiger partial charge in [0, 0.05) is 17.5 Å². The largest absolute Gasteiger partial charge is 0.309 e. The van der Waals surface area contributed by atoms with Crippen molar-refractivity contribution in [3.05, 3.63) is 58.7 Å². The van der Waals surface area contributed by atoms with Gasteiger partial charge in [-0.25, -0.2) is 4.98 Å². The number of halogens is 1. The summed E-state index contributed by atoms with van der Waals surface area (Å²) in [6, 6.07) is 13.0. The first kappa shape index (κ1) is 13.9. The first-order chi connectivity index (χ1) is 9.78. The Kier molecular flexibility index (Phi) is 4.29. The van der Waals surface area contributed by atoms with Gasteiger partial charge in [0.1, 0.15) is 0 Å². The molecule has 1 aliphatic carbocycles. The lowest BCUT2D eigenvalue weighted by atomic mass is 10.1. The fourth-order valence-corrected chi connectivity index (χ4v) is 4.04. The van der Waals surface area contributed by atoms with Crippen LogP contribution in [-0.2, 0) is 6.42 Å². The molecule has 1 N–H and O–H groups in total. The van der Waals surface area contributed by atoms with Gasteiger partial charge in [-0.1, -0.05) is 42.8 Å². The molecule has 0 radical (unpaired) electrons. The summed E-state index contributed by atoms with van der Waals surface area (Å²) in [5, 5.41) is 5.82. The third kappa shape index (κ3) is 2.85. The Labute approximate surface area is 129 Å². The summed E-state index contributed by atoms with van der Waals surface area (Å²) in [4.78, 5) is 4.40. The normalized spacial score (nSPS) is 20.9. The van der Waals surface area contributed by atoms with Crippen molar-refractivity contribution in [3.63, 3.8) is 0 Å². The van der Waals surface area contributed by atoms with E-state index in [1.807, 2.05) is 23.9 Å². The molecule has 20 heavy (non-hydrogen) atoms. The monoisotopic (exact) mass is 304 g/mol. The van der Waals surface area contributed by atoms with E-state index >= 15 is 0 Å². The minimum Gasteiger partial charge on any atom is -0.309 e. The Morgan fingerprint density at radius 1 is 1.30 bits per heavy atom. The van der Waals surface area contributed by atoms with Crippen LogP contribution in [0, 0.1) is 0 Å². The average Bonchev–Trinajstić information content (AvgIpc) is 2.80. The van der Waals surface area contributed by atoms with Gasteiger partial charge in [-0.2, -0.15) is 0 Å². The zero-order valence-corrected chi connectivity index (χ0v) is 12.9. The molecule has 1 aliphatic rings. The number of benzene rings is 1. The average molecular weight is 305 g/mol. The molecule has 1 heterocycles. The fourth-order valence-electron chi connectivity index (χ4n) is 2.72. The van der Waals surface area contributed by atoms with Gasteiger partial charge in [0.05, 0.1) is 10.0 Å². The van der Waals surface area contributed by atoms with Crippen molar-refractivity contribution in [1.29, 1.82) is 0 Å². The second-order valence-corrected chi connectivity index (χ2v) is 6.61. The van der Waals surface area contributed by atoms with Crippen LogP contribution < -0.4 is 5.32 Å². The minimum atomic E-state index is 0.402. The van der Waals surface area contributed by atoms with Crippen LogP contribution in [-0.4, -0.2) is 16.8 Å². The number of hydrogen-bond donors (Lipinski definition) is 1. The standard InChI is InChI=1S/C16H17ClN2S/c1-2-18-16-13-6-4-3-5-11(13)9-14(16)20-15-8-7-12(17)10-19-15/h3-8,10,14,16,18H,2,9H2,1H3. The van der Waals surface area contributed by atoms with Gasteiger partial charge in [-0.3, -0.25) is 0 Å². The van der Waals surface area contributed by atoms with Crippen LogP contribution in [0.2, 0.25) is 5.02 Å². The molecule has 2 nitrogen and oxygen atoms in total. The van der Waals surface area contributed by atoms with Crippen LogP contribution in [0.4, 0.5) is 0 Å². The number of hydrogen-bond acceptors (Lipinski definition) is 3. The van der Waals surface area contributed by atoms with Crippen molar-refractivity contribution in [2.45, 2.75) is 29.7 Å². The smallest absolute Gasteiger partial charge is 0.0964 e. The molecule has 0 spiro atoms. The number of rotatable bonds is 4. The van der Waals surface area contributed by atoms with Gasteiger partial charge in [-0.15, -0.1) is 11.8 Å². The molecule has 0 aliphatic heterocycles. The highest BCUT2D eigenvalue weighted by Gasteiger charge is 2.32. The molecule has 104 valence electrons. The van der Waals surface area contributed by atoms with E-state index in [4.69, 9.17) is 11.6 Å². The summed E-state index contributed by atoms with van der Waals surface area (Å²) < 4.78 is 0. The molecule has 0 saturated carbocycles. The van der Waals surface area contributed by atoms with Crippen molar-refractivity contribution in [2.24, 2.45) is 0 Å². The Balaban J connectivity index is 1.81. The summed E-state index contributed by atoms with van der Waals surface area (Å²) >= 11 is 7.73. The molecule has 0 saturated heterocycles. The summed E-state index contributed by atoms with van der Waals surface area (Å²) in [7, 11) is 0. The van der Waals surface area contributed by atoms with Crippen LogP contribution in [0.3, 0.4) is 0 Å². The van der Waals surface area contributed by atoms with Crippen LogP contribution in [0.15, 0.2) is 47.6 Å². The lowest BCUT2D eigenvalue weighted by Gasteiger charge is -2.20. The van der Waals surface area contributed by atoms with E-state index in [0.717, 1.165) is 18.0 Å².